The summed E-state index contributed by atoms with van der Waals surface area (Å²) in [4.78, 5) is 0. The number of fused-ring (bicyclic) bond motifs is 9. The zero-order valence-corrected chi connectivity index (χ0v) is 30.2. The smallest absolute Gasteiger partial charge is 0.0618 e. The average molecular weight is 689 g/mol. The molecule has 7 aromatic carbocycles. The SMILES string of the molecule is CC1(C)c2cc(-n3c4c(c5cc(-c6ccccc6)ccc53)C=CC=C=C4)ccc2-c2c(-c3cccc(-n4c5ccccc5c5ccccc54)c3)cccc21. The molecule has 0 saturated heterocycles. The van der Waals surface area contributed by atoms with Crippen molar-refractivity contribution in [3.63, 3.8) is 0 Å². The van der Waals surface area contributed by atoms with Gasteiger partial charge in [-0.05, 0) is 99.1 Å². The Balaban J connectivity index is 1.07. The van der Waals surface area contributed by atoms with Crippen LogP contribution in [0, 0.1) is 0 Å². The Kier molecular flexibility index (Phi) is 6.59. The summed E-state index contributed by atoms with van der Waals surface area (Å²) >= 11 is 0. The molecule has 2 aliphatic carbocycles. The Hall–Kier alpha value is -6.86. The van der Waals surface area contributed by atoms with Crippen molar-refractivity contribution in [3.8, 4) is 44.8 Å². The Labute approximate surface area is 314 Å². The minimum atomic E-state index is -0.183. The number of rotatable bonds is 4. The molecule has 2 aliphatic rings. The molecule has 2 heteroatoms. The lowest BCUT2D eigenvalue weighted by atomic mass is 9.82. The van der Waals surface area contributed by atoms with Crippen LogP contribution in [0.1, 0.15) is 36.2 Å². The maximum Gasteiger partial charge on any atom is 0.0618 e. The van der Waals surface area contributed by atoms with Gasteiger partial charge >= 0.3 is 0 Å². The zero-order chi connectivity index (χ0) is 36.0. The van der Waals surface area contributed by atoms with E-state index >= 15 is 0 Å². The van der Waals surface area contributed by atoms with Crippen molar-refractivity contribution in [2.45, 2.75) is 19.3 Å². The van der Waals surface area contributed by atoms with Gasteiger partial charge in [-0.3, -0.25) is 0 Å². The molecule has 54 heavy (non-hydrogen) atoms. The van der Waals surface area contributed by atoms with Gasteiger partial charge in [0, 0.05) is 44.6 Å². The third-order valence-corrected chi connectivity index (χ3v) is 11.8. The van der Waals surface area contributed by atoms with Crippen LogP contribution in [0.25, 0.3) is 89.6 Å². The summed E-state index contributed by atoms with van der Waals surface area (Å²) in [6.45, 7) is 4.76. The number of allylic oxidation sites excluding steroid dienone is 2. The van der Waals surface area contributed by atoms with Crippen molar-refractivity contribution in [3.05, 3.63) is 198 Å². The molecule has 0 bridgehead atoms. The second-order valence-corrected chi connectivity index (χ2v) is 15.1. The molecule has 254 valence electrons. The van der Waals surface area contributed by atoms with Crippen LogP contribution < -0.4 is 0 Å². The van der Waals surface area contributed by atoms with E-state index in [1.54, 1.807) is 0 Å². The van der Waals surface area contributed by atoms with Gasteiger partial charge in [0.2, 0.25) is 0 Å². The first kappa shape index (κ1) is 30.7. The van der Waals surface area contributed by atoms with Gasteiger partial charge < -0.3 is 9.13 Å². The van der Waals surface area contributed by atoms with E-state index < -0.39 is 0 Å². The van der Waals surface area contributed by atoms with Crippen LogP contribution in [0.2, 0.25) is 0 Å². The van der Waals surface area contributed by atoms with Crippen molar-refractivity contribution < 1.29 is 0 Å². The molecule has 0 saturated carbocycles. The zero-order valence-electron chi connectivity index (χ0n) is 30.2. The van der Waals surface area contributed by atoms with Crippen LogP contribution >= 0.6 is 0 Å². The molecule has 0 N–H and O–H groups in total. The molecule has 0 fully saturated rings. The van der Waals surface area contributed by atoms with E-state index in [0.29, 0.717) is 0 Å². The third-order valence-electron chi connectivity index (χ3n) is 11.8. The molecular formula is C52H36N2. The molecule has 2 heterocycles. The predicted octanol–water partition coefficient (Wildman–Crippen LogP) is 13.6. The van der Waals surface area contributed by atoms with Gasteiger partial charge in [0.25, 0.3) is 0 Å². The maximum absolute atomic E-state index is 3.40. The lowest BCUT2D eigenvalue weighted by Gasteiger charge is -2.22. The van der Waals surface area contributed by atoms with Crippen LogP contribution in [-0.4, -0.2) is 9.13 Å². The largest absolute Gasteiger partial charge is 0.309 e. The highest BCUT2D eigenvalue weighted by Crippen LogP contribution is 2.53. The first-order valence-corrected chi connectivity index (χ1v) is 18.8. The lowest BCUT2D eigenvalue weighted by molar-refractivity contribution is 0.660. The van der Waals surface area contributed by atoms with Gasteiger partial charge in [-0.1, -0.05) is 135 Å². The first-order valence-electron chi connectivity index (χ1n) is 18.8. The molecule has 0 aliphatic heterocycles. The fourth-order valence-electron chi connectivity index (χ4n) is 9.24. The van der Waals surface area contributed by atoms with E-state index in [1.807, 2.05) is 6.08 Å². The van der Waals surface area contributed by atoms with Gasteiger partial charge in [-0.25, -0.2) is 0 Å². The molecular weight excluding hydrogens is 653 g/mol. The molecule has 0 amide bonds. The molecule has 2 aromatic heterocycles. The summed E-state index contributed by atoms with van der Waals surface area (Å²) in [5.74, 6) is 0. The van der Waals surface area contributed by atoms with Gasteiger partial charge in [-0.2, -0.15) is 0 Å². The second-order valence-electron chi connectivity index (χ2n) is 15.1. The molecule has 0 atom stereocenters. The highest BCUT2D eigenvalue weighted by atomic mass is 15.0. The van der Waals surface area contributed by atoms with Crippen molar-refractivity contribution in [1.29, 1.82) is 0 Å². The molecule has 11 rings (SSSR count). The summed E-state index contributed by atoms with van der Waals surface area (Å²) in [5, 5.41) is 3.79. The van der Waals surface area contributed by atoms with Crippen molar-refractivity contribution in [2.75, 3.05) is 0 Å². The highest BCUT2D eigenvalue weighted by Gasteiger charge is 2.37. The van der Waals surface area contributed by atoms with E-state index in [0.717, 1.165) is 11.4 Å². The summed E-state index contributed by atoms with van der Waals surface area (Å²) in [7, 11) is 0. The quantitative estimate of drug-likeness (QED) is 0.163. The van der Waals surface area contributed by atoms with Crippen LogP contribution in [0.5, 0.6) is 0 Å². The maximum atomic E-state index is 3.40. The number of hydrogen-bond acceptors (Lipinski definition) is 0. The summed E-state index contributed by atoms with van der Waals surface area (Å²) < 4.78 is 4.83. The number of aromatic nitrogens is 2. The van der Waals surface area contributed by atoms with Crippen LogP contribution in [-0.2, 0) is 5.41 Å². The Morgan fingerprint density at radius 3 is 2.00 bits per heavy atom. The standard InChI is InChI=1S/C52H36N2/c1-52(2)45-23-14-22-39(36-17-13-18-37(31-36)53-47-25-11-9-20-40(47)41-21-10-12-26-48(41)53)51(45)43-29-28-38(33-46(43)52)54-49-24-8-4-7-19-42(49)44-32-35(27-30-50(44)54)34-15-5-3-6-16-34/h3-7,9-33H,1-2H3. The fraction of sp³-hybridized carbons (Fsp3) is 0.0577. The lowest BCUT2D eigenvalue weighted by Crippen LogP contribution is -2.15. The van der Waals surface area contributed by atoms with Crippen molar-refractivity contribution >= 4 is 44.9 Å². The van der Waals surface area contributed by atoms with E-state index in [-0.39, 0.29) is 5.41 Å². The minimum Gasteiger partial charge on any atom is -0.309 e. The average Bonchev–Trinajstić information content (AvgIpc) is 3.70. The van der Waals surface area contributed by atoms with Crippen LogP contribution in [0.15, 0.2) is 176 Å². The number of hydrogen-bond donors (Lipinski definition) is 0. The normalized spacial score (nSPS) is 13.7. The van der Waals surface area contributed by atoms with Crippen LogP contribution in [0.3, 0.4) is 0 Å². The Morgan fingerprint density at radius 2 is 1.19 bits per heavy atom. The van der Waals surface area contributed by atoms with Crippen molar-refractivity contribution in [2.24, 2.45) is 0 Å². The van der Waals surface area contributed by atoms with Crippen molar-refractivity contribution in [1.82, 2.24) is 9.13 Å². The van der Waals surface area contributed by atoms with Crippen LogP contribution in [0.4, 0.5) is 0 Å². The third kappa shape index (κ3) is 4.41. The molecule has 0 spiro atoms. The van der Waals surface area contributed by atoms with E-state index in [9.17, 15) is 0 Å². The molecule has 2 nitrogen and oxygen atoms in total. The highest BCUT2D eigenvalue weighted by molar-refractivity contribution is 6.09. The summed E-state index contributed by atoms with van der Waals surface area (Å²) in [5.41, 5.74) is 21.8. The molecule has 0 unspecified atom stereocenters. The van der Waals surface area contributed by atoms with Gasteiger partial charge in [0.05, 0.1) is 22.2 Å². The van der Waals surface area contributed by atoms with Gasteiger partial charge in [0.1, 0.15) is 0 Å². The Bertz CT molecular complexity index is 3050. The number of benzene rings is 7. The monoisotopic (exact) mass is 688 g/mol. The predicted molar refractivity (Wildman–Crippen MR) is 228 cm³/mol. The number of nitrogens with zero attached hydrogens (tertiary/aromatic N) is 2. The first-order chi connectivity index (χ1) is 26.6. The molecule has 0 radical (unpaired) electrons. The van der Waals surface area contributed by atoms with Gasteiger partial charge in [-0.15, -0.1) is 5.73 Å². The molecule has 9 aromatic rings. The summed E-state index contributed by atoms with van der Waals surface area (Å²) in [6.07, 6.45) is 8.46. The minimum absolute atomic E-state index is 0.183. The van der Waals surface area contributed by atoms with E-state index in [1.165, 1.54) is 88.5 Å². The topological polar surface area (TPSA) is 9.86 Å². The number of para-hydroxylation sites is 2. The Morgan fingerprint density at radius 1 is 0.481 bits per heavy atom. The van der Waals surface area contributed by atoms with E-state index in [4.69, 9.17) is 0 Å². The van der Waals surface area contributed by atoms with Gasteiger partial charge in [0.15, 0.2) is 0 Å². The fourth-order valence-corrected chi connectivity index (χ4v) is 9.24. The second kappa shape index (κ2) is 11.6. The van der Waals surface area contributed by atoms with E-state index in [2.05, 4.69) is 205 Å². The summed E-state index contributed by atoms with van der Waals surface area (Å²) in [6, 6.07) is 58.1.